The Bertz CT molecular complexity index is 695. The SMILES string of the molecule is CCC(CCN)N(CC)c1nn(CCCN(CC)CC)c2ccc(I)cc12. The topological polar surface area (TPSA) is 50.3 Å². The van der Waals surface area contributed by atoms with Crippen molar-refractivity contribution in [1.82, 2.24) is 14.7 Å². The number of nitrogens with two attached hydrogens (primary N) is 1. The first kappa shape index (κ1) is 22.4. The highest BCUT2D eigenvalue weighted by atomic mass is 127. The Morgan fingerprint density at radius 3 is 2.48 bits per heavy atom. The molecule has 0 aliphatic carbocycles. The number of rotatable bonds is 12. The molecule has 1 heterocycles. The number of anilines is 1. The number of hydrogen-bond acceptors (Lipinski definition) is 4. The molecule has 0 aliphatic rings. The summed E-state index contributed by atoms with van der Waals surface area (Å²) in [5, 5.41) is 6.35. The van der Waals surface area contributed by atoms with Gasteiger partial charge >= 0.3 is 0 Å². The summed E-state index contributed by atoms with van der Waals surface area (Å²) in [7, 11) is 0. The van der Waals surface area contributed by atoms with Gasteiger partial charge in [0.1, 0.15) is 0 Å². The van der Waals surface area contributed by atoms with Gasteiger partial charge in [0.15, 0.2) is 5.82 Å². The molecule has 2 N–H and O–H groups in total. The van der Waals surface area contributed by atoms with Gasteiger partial charge in [0.05, 0.1) is 5.52 Å². The molecule has 0 aliphatic heterocycles. The van der Waals surface area contributed by atoms with Crippen molar-refractivity contribution in [3.8, 4) is 0 Å². The molecule has 1 unspecified atom stereocenters. The van der Waals surface area contributed by atoms with Gasteiger partial charge in [0, 0.05) is 28.1 Å². The highest BCUT2D eigenvalue weighted by molar-refractivity contribution is 14.1. The fourth-order valence-corrected chi connectivity index (χ4v) is 4.35. The number of benzene rings is 1. The smallest absolute Gasteiger partial charge is 0.158 e. The molecule has 0 saturated carbocycles. The van der Waals surface area contributed by atoms with Crippen LogP contribution in [0.1, 0.15) is 47.0 Å². The lowest BCUT2D eigenvalue weighted by molar-refractivity contribution is 0.292. The van der Waals surface area contributed by atoms with Crippen molar-refractivity contribution in [2.24, 2.45) is 5.73 Å². The van der Waals surface area contributed by atoms with Crippen LogP contribution in [0.25, 0.3) is 10.9 Å². The minimum atomic E-state index is 0.445. The van der Waals surface area contributed by atoms with Crippen molar-refractivity contribution >= 4 is 39.3 Å². The van der Waals surface area contributed by atoms with E-state index < -0.39 is 0 Å². The van der Waals surface area contributed by atoms with Crippen molar-refractivity contribution in [3.63, 3.8) is 0 Å². The second-order valence-electron chi connectivity index (χ2n) is 7.01. The molecular formula is C21H36IN5. The first-order chi connectivity index (χ1) is 13.1. The first-order valence-corrected chi connectivity index (χ1v) is 11.5. The summed E-state index contributed by atoms with van der Waals surface area (Å²) in [6.45, 7) is 14.9. The van der Waals surface area contributed by atoms with E-state index in [2.05, 4.69) is 83.0 Å². The van der Waals surface area contributed by atoms with Crippen LogP contribution in [0.15, 0.2) is 18.2 Å². The lowest BCUT2D eigenvalue weighted by atomic mass is 10.1. The fourth-order valence-electron chi connectivity index (χ4n) is 3.85. The molecule has 2 aromatic rings. The van der Waals surface area contributed by atoms with E-state index in [1.807, 2.05) is 0 Å². The number of aryl methyl sites for hydroxylation is 1. The maximum Gasteiger partial charge on any atom is 0.158 e. The second kappa shape index (κ2) is 11.2. The largest absolute Gasteiger partial charge is 0.352 e. The zero-order valence-corrected chi connectivity index (χ0v) is 19.6. The summed E-state index contributed by atoms with van der Waals surface area (Å²) in [6.07, 6.45) is 3.21. The molecule has 0 fully saturated rings. The average Bonchev–Trinajstić information content (AvgIpc) is 3.02. The first-order valence-electron chi connectivity index (χ1n) is 10.4. The molecule has 1 aromatic heterocycles. The van der Waals surface area contributed by atoms with Gasteiger partial charge in [-0.25, -0.2) is 0 Å². The Hall–Kier alpha value is -0.860. The molecule has 152 valence electrons. The van der Waals surface area contributed by atoms with Crippen LogP contribution in [-0.4, -0.2) is 53.4 Å². The number of aromatic nitrogens is 2. The maximum atomic E-state index is 5.88. The second-order valence-corrected chi connectivity index (χ2v) is 8.26. The molecule has 0 spiro atoms. The molecule has 0 bridgehead atoms. The molecule has 1 aromatic carbocycles. The van der Waals surface area contributed by atoms with Crippen molar-refractivity contribution in [2.45, 2.75) is 59.5 Å². The zero-order valence-electron chi connectivity index (χ0n) is 17.4. The predicted molar refractivity (Wildman–Crippen MR) is 126 cm³/mol. The van der Waals surface area contributed by atoms with E-state index in [4.69, 9.17) is 10.8 Å². The van der Waals surface area contributed by atoms with Gasteiger partial charge in [0.25, 0.3) is 0 Å². The van der Waals surface area contributed by atoms with E-state index in [-0.39, 0.29) is 0 Å². The molecule has 2 rings (SSSR count). The Kier molecular flexibility index (Phi) is 9.32. The van der Waals surface area contributed by atoms with Crippen molar-refractivity contribution in [1.29, 1.82) is 0 Å². The Labute approximate surface area is 178 Å². The Morgan fingerprint density at radius 1 is 1.15 bits per heavy atom. The van der Waals surface area contributed by atoms with Crippen LogP contribution in [0, 0.1) is 3.57 Å². The standard InChI is InChI=1S/C21H36IN5/c1-5-18(12-13-23)26(8-4)21-19-16-17(22)10-11-20(19)27(24-21)15-9-14-25(6-2)7-3/h10-11,16,18H,5-9,12-15,23H2,1-4H3. The molecule has 6 heteroatoms. The molecule has 27 heavy (non-hydrogen) atoms. The third-order valence-electron chi connectivity index (χ3n) is 5.46. The average molecular weight is 485 g/mol. The lowest BCUT2D eigenvalue weighted by Gasteiger charge is -2.30. The quantitative estimate of drug-likeness (QED) is 0.455. The molecule has 0 saturated heterocycles. The minimum absolute atomic E-state index is 0.445. The Morgan fingerprint density at radius 2 is 1.89 bits per heavy atom. The van der Waals surface area contributed by atoms with Crippen molar-refractivity contribution in [3.05, 3.63) is 21.8 Å². The van der Waals surface area contributed by atoms with Gasteiger partial charge in [-0.15, -0.1) is 0 Å². The number of hydrogen-bond donors (Lipinski definition) is 1. The highest BCUT2D eigenvalue weighted by Crippen LogP contribution is 2.30. The third kappa shape index (κ3) is 5.57. The van der Waals surface area contributed by atoms with Gasteiger partial charge in [-0.2, -0.15) is 5.10 Å². The third-order valence-corrected chi connectivity index (χ3v) is 6.13. The van der Waals surface area contributed by atoms with Crippen LogP contribution in [0.3, 0.4) is 0 Å². The minimum Gasteiger partial charge on any atom is -0.352 e. The van der Waals surface area contributed by atoms with Crippen LogP contribution >= 0.6 is 22.6 Å². The van der Waals surface area contributed by atoms with Gasteiger partial charge in [-0.3, -0.25) is 4.68 Å². The van der Waals surface area contributed by atoms with E-state index >= 15 is 0 Å². The van der Waals surface area contributed by atoms with Crippen LogP contribution in [0.5, 0.6) is 0 Å². The van der Waals surface area contributed by atoms with Crippen molar-refractivity contribution in [2.75, 3.05) is 37.6 Å². The van der Waals surface area contributed by atoms with Crippen LogP contribution in [-0.2, 0) is 6.54 Å². The van der Waals surface area contributed by atoms with Crippen molar-refractivity contribution < 1.29 is 0 Å². The zero-order chi connectivity index (χ0) is 19.8. The monoisotopic (exact) mass is 485 g/mol. The lowest BCUT2D eigenvalue weighted by Crippen LogP contribution is -2.36. The summed E-state index contributed by atoms with van der Waals surface area (Å²) < 4.78 is 3.47. The summed E-state index contributed by atoms with van der Waals surface area (Å²) >= 11 is 2.40. The van der Waals surface area contributed by atoms with Gasteiger partial charge in [-0.05, 0) is 93.2 Å². The van der Waals surface area contributed by atoms with Crippen LogP contribution in [0.4, 0.5) is 5.82 Å². The predicted octanol–water partition coefficient (Wildman–Crippen LogP) is 4.33. The van der Waals surface area contributed by atoms with E-state index in [9.17, 15) is 0 Å². The summed E-state index contributed by atoms with van der Waals surface area (Å²) in [4.78, 5) is 4.93. The van der Waals surface area contributed by atoms with E-state index in [1.54, 1.807) is 0 Å². The molecule has 5 nitrogen and oxygen atoms in total. The fraction of sp³-hybridized carbons (Fsp3) is 0.667. The summed E-state index contributed by atoms with van der Waals surface area (Å²) in [5.74, 6) is 1.12. The molecule has 1 atom stereocenters. The Balaban J connectivity index is 2.34. The molecular weight excluding hydrogens is 449 g/mol. The van der Waals surface area contributed by atoms with E-state index in [1.165, 1.54) is 14.5 Å². The van der Waals surface area contributed by atoms with Gasteiger partial charge < -0.3 is 15.5 Å². The normalized spacial score (nSPS) is 12.9. The summed E-state index contributed by atoms with van der Waals surface area (Å²) in [6, 6.07) is 7.13. The summed E-state index contributed by atoms with van der Waals surface area (Å²) in [5.41, 5.74) is 7.12. The van der Waals surface area contributed by atoms with E-state index in [0.717, 1.165) is 64.3 Å². The number of halogens is 1. The molecule has 0 amide bonds. The number of fused-ring (bicyclic) bond motifs is 1. The number of nitrogens with zero attached hydrogens (tertiary/aromatic N) is 4. The van der Waals surface area contributed by atoms with Crippen LogP contribution < -0.4 is 10.6 Å². The van der Waals surface area contributed by atoms with Gasteiger partial charge in [0.2, 0.25) is 0 Å². The highest BCUT2D eigenvalue weighted by Gasteiger charge is 2.21. The molecule has 0 radical (unpaired) electrons. The van der Waals surface area contributed by atoms with Gasteiger partial charge in [-0.1, -0.05) is 20.8 Å². The van der Waals surface area contributed by atoms with E-state index in [0.29, 0.717) is 6.04 Å². The van der Waals surface area contributed by atoms with Crippen LogP contribution in [0.2, 0.25) is 0 Å². The maximum absolute atomic E-state index is 5.88.